The van der Waals surface area contributed by atoms with Crippen LogP contribution in [0.25, 0.3) is 0 Å². The molecule has 0 spiro atoms. The molecule has 0 fully saturated rings. The monoisotopic (exact) mass is 210 g/mol. The number of ether oxygens (including phenoxy) is 1. The number of esters is 1. The van der Waals surface area contributed by atoms with Crippen LogP contribution in [0, 0.1) is 0 Å². The molecule has 1 unspecified atom stereocenters. The number of methoxy groups -OCH3 is 1. The number of hydrogen-bond acceptors (Lipinski definition) is 5. The highest BCUT2D eigenvalue weighted by atomic mass is 32.2. The summed E-state index contributed by atoms with van der Waals surface area (Å²) in [5, 5.41) is -0.194. The Labute approximate surface area is 80.4 Å². The lowest BCUT2D eigenvalue weighted by molar-refractivity contribution is -0.139. The highest BCUT2D eigenvalue weighted by Gasteiger charge is 2.14. The summed E-state index contributed by atoms with van der Waals surface area (Å²) in [6.45, 7) is 1.78. The summed E-state index contributed by atoms with van der Waals surface area (Å²) < 4.78 is 5.30. The fourth-order valence-electron chi connectivity index (χ4n) is 0.407. The van der Waals surface area contributed by atoms with Gasteiger partial charge in [-0.1, -0.05) is 24.0 Å². The lowest BCUT2D eigenvalue weighted by atomic mass is 10.5. The average molecular weight is 210 g/mol. The van der Waals surface area contributed by atoms with E-state index in [0.29, 0.717) is 0 Å². The molecule has 64 valence electrons. The van der Waals surface area contributed by atoms with Gasteiger partial charge in [-0.15, -0.1) is 11.8 Å². The van der Waals surface area contributed by atoms with Gasteiger partial charge in [0.05, 0.1) is 7.11 Å². The summed E-state index contributed by atoms with van der Waals surface area (Å²) >= 11 is 7.74. The zero-order chi connectivity index (χ0) is 8.85. The molecule has 11 heavy (non-hydrogen) atoms. The van der Waals surface area contributed by atoms with Crippen LogP contribution in [0.1, 0.15) is 6.92 Å². The predicted molar refractivity (Wildman–Crippen MR) is 55.2 cm³/mol. The zero-order valence-corrected chi connectivity index (χ0v) is 9.07. The summed E-state index contributed by atoms with van der Waals surface area (Å²) in [6, 6.07) is 0. The Bertz CT molecular complexity index is 158. The third kappa shape index (κ3) is 4.66. The van der Waals surface area contributed by atoms with Gasteiger partial charge in [-0.05, 0) is 13.2 Å². The molecule has 0 heterocycles. The van der Waals surface area contributed by atoms with Gasteiger partial charge in [-0.25, -0.2) is 0 Å². The van der Waals surface area contributed by atoms with Crippen molar-refractivity contribution in [1.82, 2.24) is 0 Å². The Hall–Kier alpha value is 0.260. The molecule has 0 aromatic rings. The minimum absolute atomic E-state index is 0.194. The standard InChI is InChI=1S/C6H10O2S3/c1-4(5(7)8-2)11-6(9)10-3/h4H,1-3H3. The number of carbonyl (C=O) groups excluding carboxylic acids is 1. The number of thiocarbonyl (C=S) groups is 1. The van der Waals surface area contributed by atoms with E-state index in [4.69, 9.17) is 12.2 Å². The Morgan fingerprint density at radius 2 is 2.18 bits per heavy atom. The van der Waals surface area contributed by atoms with Crippen LogP contribution in [-0.4, -0.2) is 28.1 Å². The van der Waals surface area contributed by atoms with Crippen molar-refractivity contribution < 1.29 is 9.53 Å². The van der Waals surface area contributed by atoms with E-state index < -0.39 is 0 Å². The highest BCUT2D eigenvalue weighted by molar-refractivity contribution is 8.47. The van der Waals surface area contributed by atoms with Crippen LogP contribution in [0.4, 0.5) is 0 Å². The Kier molecular flexibility index (Phi) is 5.99. The molecule has 0 aromatic heterocycles. The van der Waals surface area contributed by atoms with E-state index in [9.17, 15) is 4.79 Å². The molecule has 0 N–H and O–H groups in total. The minimum Gasteiger partial charge on any atom is -0.468 e. The third-order valence-corrected chi connectivity index (χ3v) is 3.62. The average Bonchev–Trinajstić information content (AvgIpc) is 2.02. The van der Waals surface area contributed by atoms with Gasteiger partial charge in [-0.2, -0.15) is 0 Å². The fourth-order valence-corrected chi connectivity index (χ4v) is 2.14. The van der Waals surface area contributed by atoms with Gasteiger partial charge in [0.15, 0.2) is 0 Å². The molecular formula is C6H10O2S3. The SMILES string of the molecule is COC(=O)C(C)SC(=S)SC. The summed E-state index contributed by atoms with van der Waals surface area (Å²) in [6.07, 6.45) is 1.89. The molecule has 0 amide bonds. The molecule has 1 atom stereocenters. The van der Waals surface area contributed by atoms with E-state index in [1.165, 1.54) is 30.6 Å². The Balaban J connectivity index is 3.77. The van der Waals surface area contributed by atoms with Crippen LogP contribution in [0.2, 0.25) is 0 Å². The predicted octanol–water partition coefficient (Wildman–Crippen LogP) is 1.93. The van der Waals surface area contributed by atoms with E-state index in [1.54, 1.807) is 6.92 Å². The van der Waals surface area contributed by atoms with E-state index >= 15 is 0 Å². The number of thioether (sulfide) groups is 2. The molecule has 0 radical (unpaired) electrons. The molecule has 0 bridgehead atoms. The van der Waals surface area contributed by atoms with E-state index in [1.807, 2.05) is 6.26 Å². The van der Waals surface area contributed by atoms with Crippen molar-refractivity contribution in [1.29, 1.82) is 0 Å². The third-order valence-electron chi connectivity index (χ3n) is 0.973. The zero-order valence-electron chi connectivity index (χ0n) is 6.62. The van der Waals surface area contributed by atoms with Crippen molar-refractivity contribution in [2.75, 3.05) is 13.4 Å². The second-order valence-electron chi connectivity index (χ2n) is 1.74. The summed E-state index contributed by atoms with van der Waals surface area (Å²) in [5.41, 5.74) is 0. The molecule has 0 saturated carbocycles. The van der Waals surface area contributed by atoms with Gasteiger partial charge < -0.3 is 4.74 Å². The second-order valence-corrected chi connectivity index (χ2v) is 5.09. The van der Waals surface area contributed by atoms with Gasteiger partial charge in [0.25, 0.3) is 0 Å². The van der Waals surface area contributed by atoms with Gasteiger partial charge >= 0.3 is 5.97 Å². The van der Waals surface area contributed by atoms with Gasteiger partial charge in [0, 0.05) is 0 Å². The molecule has 0 aliphatic rings. The van der Waals surface area contributed by atoms with Crippen molar-refractivity contribution >= 4 is 45.2 Å². The molecule has 0 aliphatic heterocycles. The fraction of sp³-hybridized carbons (Fsp3) is 0.667. The summed E-state index contributed by atoms with van der Waals surface area (Å²) in [4.78, 5) is 10.9. The molecule has 0 aromatic carbocycles. The van der Waals surface area contributed by atoms with Gasteiger partial charge in [-0.3, -0.25) is 4.79 Å². The maximum Gasteiger partial charge on any atom is 0.318 e. The first-order valence-electron chi connectivity index (χ1n) is 2.94. The Morgan fingerprint density at radius 3 is 2.55 bits per heavy atom. The first-order valence-corrected chi connectivity index (χ1v) is 5.45. The molecule has 5 heteroatoms. The molecule has 0 aliphatic carbocycles. The lowest BCUT2D eigenvalue weighted by Gasteiger charge is -2.06. The second kappa shape index (κ2) is 5.85. The van der Waals surface area contributed by atoms with Crippen LogP contribution in [0.5, 0.6) is 0 Å². The van der Waals surface area contributed by atoms with Crippen molar-refractivity contribution in [3.63, 3.8) is 0 Å². The van der Waals surface area contributed by atoms with Crippen molar-refractivity contribution in [2.45, 2.75) is 12.2 Å². The molecule has 2 nitrogen and oxygen atoms in total. The van der Waals surface area contributed by atoms with Crippen LogP contribution in [-0.2, 0) is 9.53 Å². The number of carbonyl (C=O) groups is 1. The van der Waals surface area contributed by atoms with E-state index in [0.717, 1.165) is 3.53 Å². The van der Waals surface area contributed by atoms with Crippen LogP contribution >= 0.6 is 35.7 Å². The van der Waals surface area contributed by atoms with Gasteiger partial charge in [0.1, 0.15) is 8.78 Å². The normalized spacial score (nSPS) is 12.3. The maximum atomic E-state index is 10.9. The van der Waals surface area contributed by atoms with Crippen molar-refractivity contribution in [2.24, 2.45) is 0 Å². The largest absolute Gasteiger partial charge is 0.468 e. The number of rotatable bonds is 2. The lowest BCUT2D eigenvalue weighted by Crippen LogP contribution is -2.15. The first-order chi connectivity index (χ1) is 5.11. The quantitative estimate of drug-likeness (QED) is 0.512. The molecular weight excluding hydrogens is 200 g/mol. The topological polar surface area (TPSA) is 26.3 Å². The highest BCUT2D eigenvalue weighted by Crippen LogP contribution is 2.20. The van der Waals surface area contributed by atoms with Crippen LogP contribution in [0.15, 0.2) is 0 Å². The Morgan fingerprint density at radius 1 is 1.64 bits per heavy atom. The van der Waals surface area contributed by atoms with E-state index in [2.05, 4.69) is 4.74 Å². The van der Waals surface area contributed by atoms with Crippen LogP contribution in [0.3, 0.4) is 0 Å². The molecule has 0 saturated heterocycles. The summed E-state index contributed by atoms with van der Waals surface area (Å²) in [7, 11) is 1.38. The number of hydrogen-bond donors (Lipinski definition) is 0. The van der Waals surface area contributed by atoms with Crippen molar-refractivity contribution in [3.8, 4) is 0 Å². The van der Waals surface area contributed by atoms with E-state index in [-0.39, 0.29) is 11.2 Å². The van der Waals surface area contributed by atoms with Gasteiger partial charge in [0.2, 0.25) is 0 Å². The smallest absolute Gasteiger partial charge is 0.318 e. The van der Waals surface area contributed by atoms with Crippen LogP contribution < -0.4 is 0 Å². The first kappa shape index (κ1) is 11.3. The maximum absolute atomic E-state index is 10.9. The summed E-state index contributed by atoms with van der Waals surface area (Å²) in [5.74, 6) is -0.230. The molecule has 0 rings (SSSR count). The van der Waals surface area contributed by atoms with Crippen molar-refractivity contribution in [3.05, 3.63) is 0 Å². The minimum atomic E-state index is -0.230.